The standard InChI is InChI=1S/C7H16N2O/c1-5-9-7(2,3)6(10)8-4/h9H,5H2,1-4H3,(H,8,10). The van der Waals surface area contributed by atoms with Crippen molar-refractivity contribution in [2.75, 3.05) is 13.6 Å². The lowest BCUT2D eigenvalue weighted by Gasteiger charge is -2.22. The summed E-state index contributed by atoms with van der Waals surface area (Å²) in [6.45, 7) is 6.50. The second-order valence-electron chi connectivity index (χ2n) is 2.73. The summed E-state index contributed by atoms with van der Waals surface area (Å²) in [5.74, 6) is 0.0225. The number of carbonyl (C=O) groups is 1. The van der Waals surface area contributed by atoms with E-state index in [9.17, 15) is 4.79 Å². The summed E-state index contributed by atoms with van der Waals surface area (Å²) in [6, 6.07) is 0. The van der Waals surface area contributed by atoms with Crippen molar-refractivity contribution >= 4 is 5.91 Å². The summed E-state index contributed by atoms with van der Waals surface area (Å²) >= 11 is 0. The predicted molar refractivity (Wildman–Crippen MR) is 41.8 cm³/mol. The van der Waals surface area contributed by atoms with E-state index in [4.69, 9.17) is 0 Å². The van der Waals surface area contributed by atoms with Crippen LogP contribution in [0.2, 0.25) is 0 Å². The van der Waals surface area contributed by atoms with Gasteiger partial charge in [-0.1, -0.05) is 6.92 Å². The molecule has 60 valence electrons. The van der Waals surface area contributed by atoms with Gasteiger partial charge in [0.25, 0.3) is 0 Å². The van der Waals surface area contributed by atoms with Gasteiger partial charge in [-0.2, -0.15) is 0 Å². The van der Waals surface area contributed by atoms with Crippen LogP contribution in [0.4, 0.5) is 0 Å². The van der Waals surface area contributed by atoms with Gasteiger partial charge in [0, 0.05) is 7.05 Å². The van der Waals surface area contributed by atoms with Crippen molar-refractivity contribution in [1.82, 2.24) is 10.6 Å². The number of likely N-dealkylation sites (N-methyl/N-ethyl adjacent to an activating group) is 2. The Morgan fingerprint density at radius 2 is 2.00 bits per heavy atom. The second-order valence-corrected chi connectivity index (χ2v) is 2.73. The van der Waals surface area contributed by atoms with Gasteiger partial charge in [-0.05, 0) is 20.4 Å². The quantitative estimate of drug-likeness (QED) is 0.590. The van der Waals surface area contributed by atoms with E-state index >= 15 is 0 Å². The highest BCUT2D eigenvalue weighted by Crippen LogP contribution is 1.99. The molecule has 0 aliphatic carbocycles. The molecule has 2 N–H and O–H groups in total. The number of amides is 1. The zero-order valence-electron chi connectivity index (χ0n) is 7.12. The van der Waals surface area contributed by atoms with Crippen molar-refractivity contribution in [2.24, 2.45) is 0 Å². The third-order valence-corrected chi connectivity index (χ3v) is 1.41. The van der Waals surface area contributed by atoms with Gasteiger partial charge < -0.3 is 10.6 Å². The summed E-state index contributed by atoms with van der Waals surface area (Å²) in [4.78, 5) is 11.0. The first kappa shape index (κ1) is 9.43. The number of hydrogen-bond acceptors (Lipinski definition) is 2. The summed E-state index contributed by atoms with van der Waals surface area (Å²) in [5.41, 5.74) is -0.441. The summed E-state index contributed by atoms with van der Waals surface area (Å²) in [5, 5.41) is 5.65. The van der Waals surface area contributed by atoms with E-state index in [2.05, 4.69) is 10.6 Å². The molecule has 3 nitrogen and oxygen atoms in total. The lowest BCUT2D eigenvalue weighted by Crippen LogP contribution is -2.51. The summed E-state index contributed by atoms with van der Waals surface area (Å²) in [6.07, 6.45) is 0. The zero-order chi connectivity index (χ0) is 8.20. The highest BCUT2D eigenvalue weighted by molar-refractivity contribution is 5.85. The van der Waals surface area contributed by atoms with Crippen LogP contribution in [0.25, 0.3) is 0 Å². The van der Waals surface area contributed by atoms with E-state index in [-0.39, 0.29) is 5.91 Å². The molecule has 0 bridgehead atoms. The van der Waals surface area contributed by atoms with Crippen LogP contribution in [0.15, 0.2) is 0 Å². The number of rotatable bonds is 3. The number of nitrogens with one attached hydrogen (secondary N) is 2. The van der Waals surface area contributed by atoms with Crippen LogP contribution in [0.5, 0.6) is 0 Å². The van der Waals surface area contributed by atoms with Crippen molar-refractivity contribution in [3.8, 4) is 0 Å². The van der Waals surface area contributed by atoms with Crippen LogP contribution in [-0.4, -0.2) is 25.0 Å². The van der Waals surface area contributed by atoms with Gasteiger partial charge in [0.05, 0.1) is 5.54 Å². The van der Waals surface area contributed by atoms with Gasteiger partial charge in [0.1, 0.15) is 0 Å². The molecular formula is C7H16N2O. The van der Waals surface area contributed by atoms with Crippen LogP contribution < -0.4 is 10.6 Å². The Bertz CT molecular complexity index is 121. The van der Waals surface area contributed by atoms with Gasteiger partial charge in [0.2, 0.25) is 5.91 Å². The van der Waals surface area contributed by atoms with Gasteiger partial charge in [0.15, 0.2) is 0 Å². The van der Waals surface area contributed by atoms with Gasteiger partial charge in [-0.25, -0.2) is 0 Å². The van der Waals surface area contributed by atoms with Crippen molar-refractivity contribution in [1.29, 1.82) is 0 Å². The normalized spacial score (nSPS) is 11.2. The Balaban J connectivity index is 3.96. The Labute approximate surface area is 62.2 Å². The van der Waals surface area contributed by atoms with Crippen LogP contribution in [0.1, 0.15) is 20.8 Å². The molecule has 0 aliphatic heterocycles. The molecule has 0 aromatic carbocycles. The van der Waals surface area contributed by atoms with Crippen LogP contribution in [-0.2, 0) is 4.79 Å². The Morgan fingerprint density at radius 3 is 2.30 bits per heavy atom. The molecule has 0 atom stereocenters. The summed E-state index contributed by atoms with van der Waals surface area (Å²) < 4.78 is 0. The molecular weight excluding hydrogens is 128 g/mol. The molecule has 0 heterocycles. The molecule has 0 aromatic heterocycles. The zero-order valence-corrected chi connectivity index (χ0v) is 7.12. The third kappa shape index (κ3) is 2.35. The van der Waals surface area contributed by atoms with E-state index in [1.165, 1.54) is 0 Å². The molecule has 3 heteroatoms. The maximum Gasteiger partial charge on any atom is 0.239 e. The highest BCUT2D eigenvalue weighted by atomic mass is 16.2. The monoisotopic (exact) mass is 144 g/mol. The third-order valence-electron chi connectivity index (χ3n) is 1.41. The molecule has 0 unspecified atom stereocenters. The Kier molecular flexibility index (Phi) is 3.36. The van der Waals surface area contributed by atoms with Crippen molar-refractivity contribution in [3.05, 3.63) is 0 Å². The van der Waals surface area contributed by atoms with E-state index in [1.807, 2.05) is 20.8 Å². The minimum absolute atomic E-state index is 0.0225. The maximum absolute atomic E-state index is 11.0. The van der Waals surface area contributed by atoms with Crippen LogP contribution >= 0.6 is 0 Å². The fourth-order valence-electron chi connectivity index (χ4n) is 0.835. The second kappa shape index (κ2) is 3.56. The van der Waals surface area contributed by atoms with Crippen molar-refractivity contribution in [3.63, 3.8) is 0 Å². The first-order chi connectivity index (χ1) is 4.54. The number of carbonyl (C=O) groups excluding carboxylic acids is 1. The van der Waals surface area contributed by atoms with Gasteiger partial charge in [-0.3, -0.25) is 4.79 Å². The van der Waals surface area contributed by atoms with E-state index < -0.39 is 5.54 Å². The largest absolute Gasteiger partial charge is 0.358 e. The lowest BCUT2D eigenvalue weighted by molar-refractivity contribution is -0.125. The molecule has 0 saturated carbocycles. The SMILES string of the molecule is CCNC(C)(C)C(=O)NC. The van der Waals surface area contributed by atoms with E-state index in [0.717, 1.165) is 6.54 Å². The predicted octanol–water partition coefficient (Wildman–Crippen LogP) is 0.120. The van der Waals surface area contributed by atoms with Gasteiger partial charge in [-0.15, -0.1) is 0 Å². The Morgan fingerprint density at radius 1 is 1.50 bits per heavy atom. The first-order valence-corrected chi connectivity index (χ1v) is 3.51. The van der Waals surface area contributed by atoms with Crippen molar-refractivity contribution < 1.29 is 4.79 Å². The molecule has 0 radical (unpaired) electrons. The topological polar surface area (TPSA) is 41.1 Å². The fraction of sp³-hybridized carbons (Fsp3) is 0.857. The highest BCUT2D eigenvalue weighted by Gasteiger charge is 2.24. The summed E-state index contributed by atoms with van der Waals surface area (Å²) in [7, 11) is 1.64. The van der Waals surface area contributed by atoms with E-state index in [0.29, 0.717) is 0 Å². The molecule has 0 aromatic rings. The molecule has 0 saturated heterocycles. The minimum atomic E-state index is -0.441. The molecule has 0 aliphatic rings. The van der Waals surface area contributed by atoms with Gasteiger partial charge >= 0.3 is 0 Å². The Hall–Kier alpha value is -0.570. The first-order valence-electron chi connectivity index (χ1n) is 3.51. The average Bonchev–Trinajstić information content (AvgIpc) is 1.86. The average molecular weight is 144 g/mol. The number of hydrogen-bond donors (Lipinski definition) is 2. The molecule has 10 heavy (non-hydrogen) atoms. The lowest BCUT2D eigenvalue weighted by atomic mass is 10.1. The van der Waals surface area contributed by atoms with E-state index in [1.54, 1.807) is 7.05 Å². The minimum Gasteiger partial charge on any atom is -0.358 e. The van der Waals surface area contributed by atoms with Crippen LogP contribution in [0, 0.1) is 0 Å². The molecule has 0 rings (SSSR count). The maximum atomic E-state index is 11.0. The van der Waals surface area contributed by atoms with Crippen molar-refractivity contribution in [2.45, 2.75) is 26.3 Å². The molecule has 0 spiro atoms. The van der Waals surface area contributed by atoms with Crippen LogP contribution in [0.3, 0.4) is 0 Å². The smallest absolute Gasteiger partial charge is 0.239 e. The fourth-order valence-corrected chi connectivity index (χ4v) is 0.835. The molecule has 0 fully saturated rings. The molecule has 1 amide bonds.